The fourth-order valence-corrected chi connectivity index (χ4v) is 3.46. The van der Waals surface area contributed by atoms with E-state index in [0.29, 0.717) is 6.04 Å². The zero-order chi connectivity index (χ0) is 13.2. The predicted molar refractivity (Wildman–Crippen MR) is 77.2 cm³/mol. The second kappa shape index (κ2) is 5.24. The standard InChI is InChI=1S/C16H22N2O/c1-2-18(13-8-4-5-9-13)16(19)15-11-12-7-3-6-10-14(12)17-15/h3,6-7,10,13,15,17H,2,4-5,8-9,11H2,1H3/t15-/m0/s1. The lowest BCUT2D eigenvalue weighted by atomic mass is 10.1. The van der Waals surface area contributed by atoms with Crippen molar-refractivity contribution in [2.24, 2.45) is 0 Å². The van der Waals surface area contributed by atoms with Crippen molar-refractivity contribution >= 4 is 11.6 Å². The molecule has 3 heteroatoms. The summed E-state index contributed by atoms with van der Waals surface area (Å²) in [5.41, 5.74) is 2.40. The van der Waals surface area contributed by atoms with Crippen LogP contribution in [0.15, 0.2) is 24.3 Å². The van der Waals surface area contributed by atoms with Gasteiger partial charge in [0.1, 0.15) is 6.04 Å². The van der Waals surface area contributed by atoms with Gasteiger partial charge < -0.3 is 10.2 Å². The summed E-state index contributed by atoms with van der Waals surface area (Å²) in [6.07, 6.45) is 5.73. The van der Waals surface area contributed by atoms with E-state index in [1.54, 1.807) is 0 Å². The molecule has 1 aromatic rings. The molecule has 3 rings (SSSR count). The predicted octanol–water partition coefficient (Wildman–Crippen LogP) is 2.81. The third-order valence-electron chi connectivity index (χ3n) is 4.46. The summed E-state index contributed by atoms with van der Waals surface area (Å²) in [4.78, 5) is 14.8. The molecule has 0 unspecified atom stereocenters. The molecule has 1 fully saturated rings. The van der Waals surface area contributed by atoms with Gasteiger partial charge in [0.25, 0.3) is 0 Å². The lowest BCUT2D eigenvalue weighted by molar-refractivity contribution is -0.133. The van der Waals surface area contributed by atoms with Crippen LogP contribution >= 0.6 is 0 Å². The second-order valence-electron chi connectivity index (χ2n) is 5.62. The summed E-state index contributed by atoms with van der Waals surface area (Å²) >= 11 is 0. The fourth-order valence-electron chi connectivity index (χ4n) is 3.46. The lowest BCUT2D eigenvalue weighted by Gasteiger charge is -2.30. The van der Waals surface area contributed by atoms with Gasteiger partial charge in [-0.1, -0.05) is 31.0 Å². The van der Waals surface area contributed by atoms with Crippen LogP contribution in [0.4, 0.5) is 5.69 Å². The molecule has 102 valence electrons. The molecule has 1 atom stereocenters. The van der Waals surface area contributed by atoms with E-state index in [2.05, 4.69) is 29.3 Å². The van der Waals surface area contributed by atoms with E-state index in [4.69, 9.17) is 0 Å². The highest BCUT2D eigenvalue weighted by atomic mass is 16.2. The number of carbonyl (C=O) groups is 1. The SMILES string of the molecule is CCN(C(=O)[C@@H]1Cc2ccccc2N1)C1CCCC1. The fraction of sp³-hybridized carbons (Fsp3) is 0.562. The number of nitrogens with zero attached hydrogens (tertiary/aromatic N) is 1. The van der Waals surface area contributed by atoms with Gasteiger partial charge in [-0.05, 0) is 31.4 Å². The number of para-hydroxylation sites is 1. The van der Waals surface area contributed by atoms with Gasteiger partial charge in [0, 0.05) is 24.7 Å². The van der Waals surface area contributed by atoms with E-state index >= 15 is 0 Å². The van der Waals surface area contributed by atoms with E-state index in [1.807, 2.05) is 12.1 Å². The summed E-state index contributed by atoms with van der Waals surface area (Å²) < 4.78 is 0. The molecule has 1 heterocycles. The Bertz CT molecular complexity index is 441. The molecule has 19 heavy (non-hydrogen) atoms. The maximum Gasteiger partial charge on any atom is 0.245 e. The molecule has 1 aliphatic carbocycles. The normalized spacial score (nSPS) is 22.1. The molecule has 0 aromatic heterocycles. The van der Waals surface area contributed by atoms with Gasteiger partial charge in [-0.15, -0.1) is 0 Å². The van der Waals surface area contributed by atoms with Crippen LogP contribution in [0.3, 0.4) is 0 Å². The van der Waals surface area contributed by atoms with Crippen molar-refractivity contribution < 1.29 is 4.79 Å². The quantitative estimate of drug-likeness (QED) is 0.904. The smallest absolute Gasteiger partial charge is 0.245 e. The highest BCUT2D eigenvalue weighted by Crippen LogP contribution is 2.29. The molecule has 1 saturated carbocycles. The van der Waals surface area contributed by atoms with Gasteiger partial charge in [0.05, 0.1) is 0 Å². The Balaban J connectivity index is 1.71. The van der Waals surface area contributed by atoms with Crippen molar-refractivity contribution in [2.45, 2.75) is 51.1 Å². The second-order valence-corrected chi connectivity index (χ2v) is 5.62. The maximum atomic E-state index is 12.7. The first-order chi connectivity index (χ1) is 9.29. The highest BCUT2D eigenvalue weighted by Gasteiger charge is 2.33. The van der Waals surface area contributed by atoms with Crippen LogP contribution in [-0.4, -0.2) is 29.4 Å². The molecule has 0 bridgehead atoms. The Labute approximate surface area is 115 Å². The number of rotatable bonds is 3. The average Bonchev–Trinajstić information content (AvgIpc) is 3.08. The Morgan fingerprint density at radius 1 is 1.32 bits per heavy atom. The van der Waals surface area contributed by atoms with Crippen molar-refractivity contribution in [1.82, 2.24) is 4.90 Å². The summed E-state index contributed by atoms with van der Waals surface area (Å²) in [6, 6.07) is 8.66. The van der Waals surface area contributed by atoms with Gasteiger partial charge in [0.15, 0.2) is 0 Å². The third-order valence-corrected chi connectivity index (χ3v) is 4.46. The van der Waals surface area contributed by atoms with Gasteiger partial charge in [0.2, 0.25) is 5.91 Å². The number of hydrogen-bond acceptors (Lipinski definition) is 2. The monoisotopic (exact) mass is 258 g/mol. The molecule has 1 amide bonds. The Morgan fingerprint density at radius 3 is 2.74 bits per heavy atom. The summed E-state index contributed by atoms with van der Waals surface area (Å²) in [5, 5.41) is 3.38. The summed E-state index contributed by atoms with van der Waals surface area (Å²) in [6.45, 7) is 2.93. The van der Waals surface area contributed by atoms with Crippen molar-refractivity contribution in [3.05, 3.63) is 29.8 Å². The summed E-state index contributed by atoms with van der Waals surface area (Å²) in [7, 11) is 0. The Hall–Kier alpha value is -1.51. The molecule has 0 spiro atoms. The van der Waals surface area contributed by atoms with Crippen molar-refractivity contribution in [3.8, 4) is 0 Å². The number of carbonyl (C=O) groups excluding carboxylic acids is 1. The van der Waals surface area contributed by atoms with E-state index in [1.165, 1.54) is 31.2 Å². The van der Waals surface area contributed by atoms with Crippen LogP contribution in [0.1, 0.15) is 38.2 Å². The first-order valence-corrected chi connectivity index (χ1v) is 7.44. The number of anilines is 1. The van der Waals surface area contributed by atoms with Crippen molar-refractivity contribution in [3.63, 3.8) is 0 Å². The topological polar surface area (TPSA) is 32.3 Å². The number of amides is 1. The van der Waals surface area contributed by atoms with Gasteiger partial charge in [-0.2, -0.15) is 0 Å². The average molecular weight is 258 g/mol. The van der Waals surface area contributed by atoms with E-state index in [0.717, 1.165) is 18.7 Å². The number of likely N-dealkylation sites (N-methyl/N-ethyl adjacent to an activating group) is 1. The van der Waals surface area contributed by atoms with Crippen molar-refractivity contribution in [1.29, 1.82) is 0 Å². The number of hydrogen-bond donors (Lipinski definition) is 1. The minimum Gasteiger partial charge on any atom is -0.373 e. The minimum atomic E-state index is -0.0575. The molecular formula is C16H22N2O. The third kappa shape index (κ3) is 2.34. The molecule has 1 N–H and O–H groups in total. The van der Waals surface area contributed by atoms with Gasteiger partial charge >= 0.3 is 0 Å². The van der Waals surface area contributed by atoms with Crippen LogP contribution in [0, 0.1) is 0 Å². The molecule has 1 aromatic carbocycles. The zero-order valence-corrected chi connectivity index (χ0v) is 11.6. The highest BCUT2D eigenvalue weighted by molar-refractivity contribution is 5.87. The van der Waals surface area contributed by atoms with Crippen LogP contribution in [0.5, 0.6) is 0 Å². The molecule has 1 aliphatic heterocycles. The Morgan fingerprint density at radius 2 is 2.05 bits per heavy atom. The molecule has 2 aliphatic rings. The van der Waals surface area contributed by atoms with Crippen LogP contribution in [-0.2, 0) is 11.2 Å². The molecule has 3 nitrogen and oxygen atoms in total. The van der Waals surface area contributed by atoms with Crippen LogP contribution < -0.4 is 5.32 Å². The van der Waals surface area contributed by atoms with Gasteiger partial charge in [-0.25, -0.2) is 0 Å². The van der Waals surface area contributed by atoms with Gasteiger partial charge in [-0.3, -0.25) is 4.79 Å². The van der Waals surface area contributed by atoms with Crippen LogP contribution in [0.2, 0.25) is 0 Å². The molecular weight excluding hydrogens is 236 g/mol. The van der Waals surface area contributed by atoms with Crippen LogP contribution in [0.25, 0.3) is 0 Å². The number of benzene rings is 1. The molecule has 0 saturated heterocycles. The number of fused-ring (bicyclic) bond motifs is 1. The number of nitrogens with one attached hydrogen (secondary N) is 1. The Kier molecular flexibility index (Phi) is 3.45. The maximum absolute atomic E-state index is 12.7. The molecule has 0 radical (unpaired) electrons. The van der Waals surface area contributed by atoms with Crippen molar-refractivity contribution in [2.75, 3.05) is 11.9 Å². The van der Waals surface area contributed by atoms with E-state index in [-0.39, 0.29) is 11.9 Å². The largest absolute Gasteiger partial charge is 0.373 e. The van der Waals surface area contributed by atoms with E-state index < -0.39 is 0 Å². The lowest BCUT2D eigenvalue weighted by Crippen LogP contribution is -2.46. The minimum absolute atomic E-state index is 0.0575. The first-order valence-electron chi connectivity index (χ1n) is 7.44. The zero-order valence-electron chi connectivity index (χ0n) is 11.6. The van der Waals surface area contributed by atoms with E-state index in [9.17, 15) is 4.79 Å². The first kappa shape index (κ1) is 12.5. The summed E-state index contributed by atoms with van der Waals surface area (Å²) in [5.74, 6) is 0.283.